The van der Waals surface area contributed by atoms with Crippen molar-refractivity contribution in [2.75, 3.05) is 6.54 Å². The molecule has 0 saturated carbocycles. The largest absolute Gasteiger partial charge is 0.494 e. The molecule has 2 aliphatic rings. The summed E-state index contributed by atoms with van der Waals surface area (Å²) >= 11 is 0. The number of hydrogen-bond acceptors (Lipinski definition) is 5. The Morgan fingerprint density at radius 3 is 2.03 bits per heavy atom. The number of ether oxygens (including phenoxy) is 1. The summed E-state index contributed by atoms with van der Waals surface area (Å²) in [7, 11) is -0.422. The van der Waals surface area contributed by atoms with Crippen LogP contribution in [0.5, 0.6) is 0 Å². The van der Waals surface area contributed by atoms with Crippen molar-refractivity contribution in [2.24, 2.45) is 0 Å². The van der Waals surface area contributed by atoms with Gasteiger partial charge in [0.15, 0.2) is 0 Å². The third kappa shape index (κ3) is 9.52. The first-order valence-corrected chi connectivity index (χ1v) is 15.2. The summed E-state index contributed by atoms with van der Waals surface area (Å²) < 4.78 is 18.0. The minimum absolute atomic E-state index is 0.115. The highest BCUT2D eigenvalue weighted by Gasteiger charge is 2.51. The van der Waals surface area contributed by atoms with E-state index < -0.39 is 12.7 Å². The highest BCUT2D eigenvalue weighted by Crippen LogP contribution is 2.37. The molecule has 3 heterocycles. The molecule has 1 atom stereocenters. The van der Waals surface area contributed by atoms with E-state index in [-0.39, 0.29) is 23.3 Å². The molecule has 1 amide bonds. The van der Waals surface area contributed by atoms with Gasteiger partial charge in [-0.3, -0.25) is 4.90 Å². The highest BCUT2D eigenvalue weighted by molar-refractivity contribution is 6.62. The minimum Gasteiger partial charge on any atom is -0.444 e. The first-order valence-electron chi connectivity index (χ1n) is 15.2. The lowest BCUT2D eigenvalue weighted by Gasteiger charge is -2.35. The zero-order valence-corrected chi connectivity index (χ0v) is 27.7. The molecule has 2 saturated heterocycles. The van der Waals surface area contributed by atoms with Gasteiger partial charge in [-0.1, -0.05) is 61.5 Å². The van der Waals surface area contributed by atoms with Crippen LogP contribution in [-0.4, -0.2) is 51.4 Å². The summed E-state index contributed by atoms with van der Waals surface area (Å²) in [5, 5.41) is 0. The summed E-state index contributed by atoms with van der Waals surface area (Å²) in [6.45, 7) is 30.5. The molecule has 4 rings (SSSR count). The number of aromatic nitrogens is 2. The second kappa shape index (κ2) is 16.3. The Labute approximate surface area is 239 Å². The molecular formula is C31H58BN3O4. The van der Waals surface area contributed by atoms with Gasteiger partial charge in [0, 0.05) is 6.54 Å². The van der Waals surface area contributed by atoms with E-state index in [2.05, 4.69) is 4.98 Å². The smallest absolute Gasteiger partial charge is 0.444 e. The first kappa shape index (κ1) is 36.9. The van der Waals surface area contributed by atoms with Crippen LogP contribution in [0.15, 0.2) is 18.2 Å². The van der Waals surface area contributed by atoms with Crippen molar-refractivity contribution >= 4 is 29.7 Å². The molecule has 2 aromatic rings. The number of piperidine rings is 1. The number of amides is 1. The van der Waals surface area contributed by atoms with Crippen LogP contribution in [0.2, 0.25) is 0 Å². The van der Waals surface area contributed by atoms with Crippen LogP contribution in [0.1, 0.15) is 135 Å². The number of rotatable bonds is 2. The van der Waals surface area contributed by atoms with Gasteiger partial charge in [-0.05, 0) is 85.3 Å². The van der Waals surface area contributed by atoms with Crippen LogP contribution in [0.25, 0.3) is 11.0 Å². The van der Waals surface area contributed by atoms with Crippen LogP contribution in [0.4, 0.5) is 4.79 Å². The Morgan fingerprint density at radius 1 is 0.974 bits per heavy atom. The molecule has 1 unspecified atom stereocenters. The van der Waals surface area contributed by atoms with Crippen LogP contribution in [0, 0.1) is 0 Å². The summed E-state index contributed by atoms with van der Waals surface area (Å²) in [5.74, 6) is 0.798. The summed E-state index contributed by atoms with van der Waals surface area (Å²) in [6.07, 6.45) is 2.61. The van der Waals surface area contributed by atoms with Gasteiger partial charge in [-0.15, -0.1) is 0 Å². The number of carbonyl (C=O) groups is 1. The maximum Gasteiger partial charge on any atom is 0.494 e. The van der Waals surface area contributed by atoms with Gasteiger partial charge < -0.3 is 19.0 Å². The van der Waals surface area contributed by atoms with E-state index in [4.69, 9.17) is 19.0 Å². The molecule has 1 aromatic heterocycles. The van der Waals surface area contributed by atoms with Gasteiger partial charge in [-0.2, -0.15) is 0 Å². The Balaban J connectivity index is 0.00000166. The van der Waals surface area contributed by atoms with Gasteiger partial charge in [0.1, 0.15) is 11.4 Å². The monoisotopic (exact) mass is 547 g/mol. The molecule has 39 heavy (non-hydrogen) atoms. The lowest BCUT2D eigenvalue weighted by atomic mass is 9.79. The fourth-order valence-corrected chi connectivity index (χ4v) is 4.09. The van der Waals surface area contributed by atoms with Crippen LogP contribution in [-0.2, 0) is 14.0 Å². The maximum atomic E-state index is 12.8. The highest BCUT2D eigenvalue weighted by atomic mass is 16.7. The van der Waals surface area contributed by atoms with Crippen molar-refractivity contribution in [3.8, 4) is 0 Å². The second-order valence-electron chi connectivity index (χ2n) is 10.7. The molecule has 8 heteroatoms. The average molecular weight is 548 g/mol. The number of carbonyl (C=O) groups excluding carboxylic acids is 1. The number of hydrogen-bond donors (Lipinski definition) is 1. The molecule has 0 radical (unpaired) electrons. The molecule has 1 N–H and O–H groups in total. The standard InChI is InChI=1S/C23H34BN3O4.4C2H6/c1-21(2,3)29-20(28)27-13-9-8-10-18(27)19-25-16-12-11-15(14-17(16)26-19)24-30-22(4,5)23(6,7)31-24;4*1-2/h11-12,14,18H,8-10,13H2,1-7H3,(H,25,26);4*1-2H3. The number of nitrogens with zero attached hydrogens (tertiary/aromatic N) is 2. The summed E-state index contributed by atoms with van der Waals surface area (Å²) in [5.41, 5.74) is 1.43. The predicted octanol–water partition coefficient (Wildman–Crippen LogP) is 8.43. The van der Waals surface area contributed by atoms with Gasteiger partial charge in [0.2, 0.25) is 0 Å². The van der Waals surface area contributed by atoms with Gasteiger partial charge >= 0.3 is 13.2 Å². The van der Waals surface area contributed by atoms with Crippen LogP contribution in [0.3, 0.4) is 0 Å². The predicted molar refractivity (Wildman–Crippen MR) is 167 cm³/mol. The Hall–Kier alpha value is -2.06. The number of H-pyrrole nitrogens is 1. The zero-order chi connectivity index (χ0) is 30.6. The SMILES string of the molecule is CC.CC.CC.CC.CC(C)(C)OC(=O)N1CCCCC1c1nc2ccc(B3OC(C)(C)C(C)(C)O3)cc2[nH]1. The van der Waals surface area contributed by atoms with Crippen LogP contribution >= 0.6 is 0 Å². The van der Waals surface area contributed by atoms with Crippen LogP contribution < -0.4 is 5.46 Å². The van der Waals surface area contributed by atoms with Crippen molar-refractivity contribution in [3.05, 3.63) is 24.0 Å². The molecule has 2 aliphatic heterocycles. The molecule has 7 nitrogen and oxygen atoms in total. The summed E-state index contributed by atoms with van der Waals surface area (Å²) in [6, 6.07) is 5.91. The number of fused-ring (bicyclic) bond motifs is 1. The molecule has 0 aliphatic carbocycles. The fourth-order valence-electron chi connectivity index (χ4n) is 4.09. The van der Waals surface area contributed by atoms with Gasteiger partial charge in [0.25, 0.3) is 0 Å². The number of aromatic amines is 1. The van der Waals surface area contributed by atoms with Crippen molar-refractivity contribution in [3.63, 3.8) is 0 Å². The van der Waals surface area contributed by atoms with E-state index in [0.29, 0.717) is 6.54 Å². The van der Waals surface area contributed by atoms with E-state index in [0.717, 1.165) is 41.6 Å². The maximum absolute atomic E-state index is 12.8. The molecular weight excluding hydrogens is 489 g/mol. The lowest BCUT2D eigenvalue weighted by molar-refractivity contribution is 0.00578. The van der Waals surface area contributed by atoms with Crippen molar-refractivity contribution < 1.29 is 18.8 Å². The molecule has 0 spiro atoms. The van der Waals surface area contributed by atoms with E-state index in [1.165, 1.54) is 0 Å². The Bertz CT molecular complexity index is 966. The quantitative estimate of drug-likeness (QED) is 0.382. The molecule has 224 valence electrons. The summed E-state index contributed by atoms with van der Waals surface area (Å²) in [4.78, 5) is 22.8. The number of nitrogens with one attached hydrogen (secondary N) is 1. The Morgan fingerprint density at radius 2 is 1.51 bits per heavy atom. The lowest BCUT2D eigenvalue weighted by Crippen LogP contribution is -2.42. The molecule has 0 bridgehead atoms. The second-order valence-corrected chi connectivity index (χ2v) is 10.7. The third-order valence-corrected chi connectivity index (χ3v) is 6.50. The van der Waals surface area contributed by atoms with Gasteiger partial charge in [-0.25, -0.2) is 9.78 Å². The normalized spacial score (nSPS) is 19.2. The Kier molecular flexibility index (Phi) is 15.4. The van der Waals surface area contributed by atoms with E-state index in [1.807, 2.05) is 127 Å². The number of likely N-dealkylation sites (tertiary alicyclic amines) is 1. The fraction of sp³-hybridized carbons (Fsp3) is 0.742. The molecule has 2 fully saturated rings. The van der Waals surface area contributed by atoms with Gasteiger partial charge in [0.05, 0.1) is 28.3 Å². The van der Waals surface area contributed by atoms with Crippen molar-refractivity contribution in [1.29, 1.82) is 0 Å². The van der Waals surface area contributed by atoms with E-state index in [1.54, 1.807) is 0 Å². The third-order valence-electron chi connectivity index (χ3n) is 6.50. The van der Waals surface area contributed by atoms with E-state index in [9.17, 15) is 4.79 Å². The van der Waals surface area contributed by atoms with E-state index >= 15 is 0 Å². The number of imidazole rings is 1. The first-order chi connectivity index (χ1) is 18.4. The van der Waals surface area contributed by atoms with Crippen molar-refractivity contribution in [2.45, 2.75) is 146 Å². The minimum atomic E-state index is -0.523. The molecule has 1 aromatic carbocycles. The van der Waals surface area contributed by atoms with Crippen molar-refractivity contribution in [1.82, 2.24) is 14.9 Å². The number of benzene rings is 1. The topological polar surface area (TPSA) is 76.7 Å². The zero-order valence-electron chi connectivity index (χ0n) is 27.7. The average Bonchev–Trinajstić information content (AvgIpc) is 3.44.